The Morgan fingerprint density at radius 2 is 1.92 bits per heavy atom. The molecule has 6 nitrogen and oxygen atoms in total. The van der Waals surface area contributed by atoms with Gasteiger partial charge in [0.15, 0.2) is 18.0 Å². The van der Waals surface area contributed by atoms with E-state index in [1.165, 1.54) is 24.3 Å². The largest absolute Gasteiger partial charge is 0.454 e. The van der Waals surface area contributed by atoms with Crippen LogP contribution in [0.25, 0.3) is 11.0 Å². The molecule has 0 amide bonds. The van der Waals surface area contributed by atoms with Crippen LogP contribution in [0.2, 0.25) is 0 Å². The number of Topliss-reactive ketones (excluding diaryl/α,β-unsaturated/α-hetero) is 1. The molecule has 2 aromatic heterocycles. The maximum atomic E-state index is 12.9. The van der Waals surface area contributed by atoms with E-state index in [9.17, 15) is 14.0 Å². The van der Waals surface area contributed by atoms with Crippen molar-refractivity contribution in [2.75, 3.05) is 6.61 Å². The molecule has 0 saturated heterocycles. The number of aromatic nitrogens is 3. The number of halogens is 1. The predicted molar refractivity (Wildman–Crippen MR) is 93.7 cm³/mol. The molecule has 0 bridgehead atoms. The van der Waals surface area contributed by atoms with E-state index in [0.29, 0.717) is 22.3 Å². The summed E-state index contributed by atoms with van der Waals surface area (Å²) in [4.78, 5) is 29.0. The summed E-state index contributed by atoms with van der Waals surface area (Å²) in [5, 5.41) is 4.85. The fraction of sp³-hybridized carbons (Fsp3) is 0.263. The third kappa shape index (κ3) is 3.46. The molecule has 0 N–H and O–H groups in total. The molecule has 134 valence electrons. The lowest BCUT2D eigenvalue weighted by molar-refractivity contribution is 0.0476. The van der Waals surface area contributed by atoms with Gasteiger partial charge in [0, 0.05) is 17.3 Å². The molecule has 0 fully saturated rings. The number of fused-ring (bicyclic) bond motifs is 1. The summed E-state index contributed by atoms with van der Waals surface area (Å²) >= 11 is 0. The van der Waals surface area contributed by atoms with Crippen LogP contribution in [0.5, 0.6) is 0 Å². The molecule has 0 saturated carbocycles. The number of ketones is 1. The minimum Gasteiger partial charge on any atom is -0.454 e. The molecule has 0 spiro atoms. The van der Waals surface area contributed by atoms with E-state index in [4.69, 9.17) is 4.74 Å². The van der Waals surface area contributed by atoms with E-state index in [0.717, 1.165) is 0 Å². The third-order valence-electron chi connectivity index (χ3n) is 3.90. The van der Waals surface area contributed by atoms with Gasteiger partial charge in [-0.2, -0.15) is 5.10 Å². The Morgan fingerprint density at radius 3 is 2.58 bits per heavy atom. The summed E-state index contributed by atoms with van der Waals surface area (Å²) in [5.74, 6) is -1.46. The van der Waals surface area contributed by atoms with Crippen LogP contribution < -0.4 is 0 Å². The minimum absolute atomic E-state index is 0.0886. The average molecular weight is 355 g/mol. The molecule has 2 heterocycles. The van der Waals surface area contributed by atoms with Gasteiger partial charge in [0.1, 0.15) is 5.82 Å². The number of carbonyl (C=O) groups excluding carboxylic acids is 2. The van der Waals surface area contributed by atoms with E-state index >= 15 is 0 Å². The molecule has 0 aliphatic heterocycles. The molecule has 26 heavy (non-hydrogen) atoms. The molecule has 0 aliphatic rings. The lowest BCUT2D eigenvalue weighted by Gasteiger charge is -2.09. The number of nitrogens with zero attached hydrogens (tertiary/aromatic N) is 3. The standard InChI is InChI=1S/C19H18FN3O3/c1-11(2)23-18-16(9-21-23)15(8-12(3)22-18)19(25)26-10-17(24)13-4-6-14(20)7-5-13/h4-9,11H,10H2,1-3H3. The Balaban J connectivity index is 1.81. The number of ether oxygens (including phenoxy) is 1. The Bertz CT molecular complexity index is 978. The maximum absolute atomic E-state index is 12.9. The van der Waals surface area contributed by atoms with Crippen molar-refractivity contribution in [3.8, 4) is 0 Å². The summed E-state index contributed by atoms with van der Waals surface area (Å²) in [7, 11) is 0. The molecule has 0 radical (unpaired) electrons. The van der Waals surface area contributed by atoms with Crippen LogP contribution in [0.4, 0.5) is 4.39 Å². The first kappa shape index (κ1) is 17.7. The third-order valence-corrected chi connectivity index (χ3v) is 3.90. The van der Waals surface area contributed by atoms with Gasteiger partial charge in [-0.25, -0.2) is 18.9 Å². The zero-order chi connectivity index (χ0) is 18.8. The van der Waals surface area contributed by atoms with E-state index in [1.54, 1.807) is 23.9 Å². The van der Waals surface area contributed by atoms with Crippen molar-refractivity contribution in [3.05, 3.63) is 59.2 Å². The number of pyridine rings is 1. The summed E-state index contributed by atoms with van der Waals surface area (Å²) in [5.41, 5.74) is 1.84. The SMILES string of the molecule is Cc1cc(C(=O)OCC(=O)c2ccc(F)cc2)c2cnn(C(C)C)c2n1. The van der Waals surface area contributed by atoms with Crippen molar-refractivity contribution in [2.45, 2.75) is 26.8 Å². The average Bonchev–Trinajstić information content (AvgIpc) is 3.03. The lowest BCUT2D eigenvalue weighted by atomic mass is 10.1. The van der Waals surface area contributed by atoms with Gasteiger partial charge in [0.05, 0.1) is 17.1 Å². The van der Waals surface area contributed by atoms with Crippen LogP contribution in [0.15, 0.2) is 36.5 Å². The molecule has 0 atom stereocenters. The number of esters is 1. The molecule has 0 aliphatic carbocycles. The monoisotopic (exact) mass is 355 g/mol. The summed E-state index contributed by atoms with van der Waals surface area (Å²) < 4.78 is 19.8. The summed E-state index contributed by atoms with van der Waals surface area (Å²) in [6.07, 6.45) is 1.57. The Morgan fingerprint density at radius 1 is 1.23 bits per heavy atom. The minimum atomic E-state index is -0.626. The van der Waals surface area contributed by atoms with Gasteiger partial charge in [0.2, 0.25) is 0 Å². The molecular weight excluding hydrogens is 337 g/mol. The molecule has 3 aromatic rings. The summed E-state index contributed by atoms with van der Waals surface area (Å²) in [6, 6.07) is 6.78. The van der Waals surface area contributed by atoms with Crippen molar-refractivity contribution in [1.29, 1.82) is 0 Å². The fourth-order valence-corrected chi connectivity index (χ4v) is 2.62. The van der Waals surface area contributed by atoms with Crippen LogP contribution in [0.1, 0.15) is 46.3 Å². The highest BCUT2D eigenvalue weighted by Crippen LogP contribution is 2.21. The summed E-state index contributed by atoms with van der Waals surface area (Å²) in [6.45, 7) is 5.29. The highest BCUT2D eigenvalue weighted by Gasteiger charge is 2.19. The number of hydrogen-bond donors (Lipinski definition) is 0. The van der Waals surface area contributed by atoms with Crippen LogP contribution in [-0.4, -0.2) is 33.1 Å². The highest BCUT2D eigenvalue weighted by molar-refractivity contribution is 6.04. The number of hydrogen-bond acceptors (Lipinski definition) is 5. The number of aryl methyl sites for hydroxylation is 1. The van der Waals surface area contributed by atoms with E-state index in [2.05, 4.69) is 10.1 Å². The smallest absolute Gasteiger partial charge is 0.339 e. The Hall–Kier alpha value is -3.09. The molecular formula is C19H18FN3O3. The van der Waals surface area contributed by atoms with Gasteiger partial charge in [-0.15, -0.1) is 0 Å². The quantitative estimate of drug-likeness (QED) is 0.517. The zero-order valence-electron chi connectivity index (χ0n) is 14.7. The van der Waals surface area contributed by atoms with E-state index in [1.807, 2.05) is 13.8 Å². The molecule has 1 aromatic carbocycles. The second kappa shape index (κ2) is 7.03. The van der Waals surface area contributed by atoms with Gasteiger partial charge in [-0.05, 0) is 51.1 Å². The van der Waals surface area contributed by atoms with Gasteiger partial charge in [-0.1, -0.05) is 0 Å². The van der Waals surface area contributed by atoms with Crippen LogP contribution >= 0.6 is 0 Å². The topological polar surface area (TPSA) is 74.1 Å². The van der Waals surface area contributed by atoms with Crippen molar-refractivity contribution in [1.82, 2.24) is 14.8 Å². The van der Waals surface area contributed by atoms with E-state index in [-0.39, 0.29) is 11.6 Å². The van der Waals surface area contributed by atoms with Crippen LogP contribution in [0.3, 0.4) is 0 Å². The number of benzene rings is 1. The fourth-order valence-electron chi connectivity index (χ4n) is 2.62. The van der Waals surface area contributed by atoms with Crippen molar-refractivity contribution in [2.24, 2.45) is 0 Å². The molecule has 3 rings (SSSR count). The van der Waals surface area contributed by atoms with Crippen molar-refractivity contribution < 1.29 is 18.7 Å². The lowest BCUT2D eigenvalue weighted by Crippen LogP contribution is -2.15. The van der Waals surface area contributed by atoms with Gasteiger partial charge in [0.25, 0.3) is 0 Å². The number of rotatable bonds is 5. The van der Waals surface area contributed by atoms with Gasteiger partial charge >= 0.3 is 5.97 Å². The van der Waals surface area contributed by atoms with Crippen LogP contribution in [-0.2, 0) is 4.74 Å². The normalized spacial score (nSPS) is 11.1. The van der Waals surface area contributed by atoms with Crippen molar-refractivity contribution in [3.63, 3.8) is 0 Å². The van der Waals surface area contributed by atoms with E-state index < -0.39 is 24.2 Å². The molecule has 7 heteroatoms. The maximum Gasteiger partial charge on any atom is 0.339 e. The zero-order valence-corrected chi connectivity index (χ0v) is 14.7. The van der Waals surface area contributed by atoms with Crippen molar-refractivity contribution >= 4 is 22.8 Å². The first-order valence-corrected chi connectivity index (χ1v) is 8.17. The predicted octanol–water partition coefficient (Wildman–Crippen LogP) is 3.50. The second-order valence-electron chi connectivity index (χ2n) is 6.24. The number of carbonyl (C=O) groups is 2. The second-order valence-corrected chi connectivity index (χ2v) is 6.24. The van der Waals surface area contributed by atoms with Gasteiger partial charge < -0.3 is 4.74 Å². The molecule has 0 unspecified atom stereocenters. The first-order valence-electron chi connectivity index (χ1n) is 8.17. The van der Waals surface area contributed by atoms with Gasteiger partial charge in [-0.3, -0.25) is 4.79 Å². The Kier molecular flexibility index (Phi) is 4.79. The Labute approximate surface area is 149 Å². The highest BCUT2D eigenvalue weighted by atomic mass is 19.1. The first-order chi connectivity index (χ1) is 12.4. The van der Waals surface area contributed by atoms with Crippen LogP contribution in [0, 0.1) is 12.7 Å².